The van der Waals surface area contributed by atoms with Crippen molar-refractivity contribution in [2.45, 2.75) is 13.8 Å². The number of anilines is 1. The molecule has 0 bridgehead atoms. The topological polar surface area (TPSA) is 54.9 Å². The molecule has 1 aromatic carbocycles. The van der Waals surface area contributed by atoms with Crippen LogP contribution < -0.4 is 5.32 Å². The minimum absolute atomic E-state index is 0.103. The highest BCUT2D eigenvalue weighted by atomic mass is 35.5. The van der Waals surface area contributed by atoms with Gasteiger partial charge in [0.1, 0.15) is 5.01 Å². The zero-order valence-corrected chi connectivity index (χ0v) is 15.6. The van der Waals surface area contributed by atoms with Gasteiger partial charge in [-0.25, -0.2) is 4.98 Å². The Morgan fingerprint density at radius 3 is 2.76 bits per heavy atom. The molecule has 6 heteroatoms. The van der Waals surface area contributed by atoms with Crippen molar-refractivity contribution in [2.24, 2.45) is 5.41 Å². The number of benzene rings is 1. The lowest BCUT2D eigenvalue weighted by molar-refractivity contribution is -0.122. The molecule has 0 spiro atoms. The lowest BCUT2D eigenvalue weighted by Crippen LogP contribution is -2.32. The average Bonchev–Trinajstić information content (AvgIpc) is 3.13. The molecule has 0 atom stereocenters. The molecule has 0 aliphatic heterocycles. The van der Waals surface area contributed by atoms with Crippen molar-refractivity contribution in [1.82, 2.24) is 9.97 Å². The van der Waals surface area contributed by atoms with Crippen molar-refractivity contribution in [3.8, 4) is 21.8 Å². The molecule has 1 N–H and O–H groups in total. The van der Waals surface area contributed by atoms with E-state index in [1.807, 2.05) is 55.6 Å². The normalized spacial score (nSPS) is 11.3. The number of aromatic nitrogens is 2. The van der Waals surface area contributed by atoms with Crippen LogP contribution in [0.25, 0.3) is 21.8 Å². The minimum Gasteiger partial charge on any atom is -0.326 e. The van der Waals surface area contributed by atoms with Crippen LogP contribution in [0, 0.1) is 5.41 Å². The van der Waals surface area contributed by atoms with Gasteiger partial charge < -0.3 is 5.32 Å². The number of carbonyl (C=O) groups is 1. The number of nitrogens with zero attached hydrogens (tertiary/aromatic N) is 2. The molecule has 3 rings (SSSR count). The second kappa shape index (κ2) is 7.33. The lowest BCUT2D eigenvalue weighted by atomic mass is 9.95. The molecule has 128 valence electrons. The van der Waals surface area contributed by atoms with Crippen LogP contribution >= 0.6 is 22.9 Å². The molecule has 2 aromatic heterocycles. The molecule has 3 aromatic rings. The number of hydrogen-bond acceptors (Lipinski definition) is 4. The summed E-state index contributed by atoms with van der Waals surface area (Å²) < 4.78 is 0. The Balaban J connectivity index is 1.83. The zero-order chi connectivity index (χ0) is 17.9. The summed E-state index contributed by atoms with van der Waals surface area (Å²) in [6.45, 7) is 3.64. The smallest absolute Gasteiger partial charge is 0.231 e. The molecular weight excluding hydrogens is 354 g/mol. The fourth-order valence-corrected chi connectivity index (χ4v) is 3.09. The number of carbonyl (C=O) groups excluding carboxylic acids is 1. The second-order valence-corrected chi connectivity index (χ2v) is 7.46. The minimum atomic E-state index is -0.619. The van der Waals surface area contributed by atoms with Crippen LogP contribution in [-0.4, -0.2) is 21.8 Å². The summed E-state index contributed by atoms with van der Waals surface area (Å²) in [6.07, 6.45) is 3.54. The molecule has 0 saturated carbocycles. The highest BCUT2D eigenvalue weighted by molar-refractivity contribution is 7.13. The number of nitrogens with one attached hydrogen (secondary N) is 1. The van der Waals surface area contributed by atoms with Gasteiger partial charge in [0.05, 0.1) is 11.1 Å². The predicted octanol–water partition coefficient (Wildman–Crippen LogP) is 5.08. The van der Waals surface area contributed by atoms with Crippen LogP contribution in [0.5, 0.6) is 0 Å². The van der Waals surface area contributed by atoms with Gasteiger partial charge in [0.15, 0.2) is 0 Å². The van der Waals surface area contributed by atoms with E-state index in [4.69, 9.17) is 11.6 Å². The molecule has 0 saturated heterocycles. The lowest BCUT2D eigenvalue weighted by Gasteiger charge is -2.20. The Hall–Kier alpha value is -2.24. The van der Waals surface area contributed by atoms with Gasteiger partial charge >= 0.3 is 0 Å². The van der Waals surface area contributed by atoms with Crippen LogP contribution in [0.1, 0.15) is 13.8 Å². The molecule has 0 aliphatic carbocycles. The average molecular weight is 372 g/mol. The molecule has 0 fully saturated rings. The van der Waals surface area contributed by atoms with Crippen LogP contribution in [0.2, 0.25) is 0 Å². The maximum Gasteiger partial charge on any atom is 0.231 e. The van der Waals surface area contributed by atoms with E-state index in [0.29, 0.717) is 0 Å². The van der Waals surface area contributed by atoms with E-state index in [1.165, 1.54) is 0 Å². The van der Waals surface area contributed by atoms with E-state index >= 15 is 0 Å². The summed E-state index contributed by atoms with van der Waals surface area (Å²) in [5.74, 6) is 0.160. The fourth-order valence-electron chi connectivity index (χ4n) is 2.15. The SMILES string of the molecule is CC(C)(CCl)C(=O)Nc1cccc(-c2csc(-c3cccnc3)n2)c1. The van der Waals surface area contributed by atoms with Crippen LogP contribution in [0.3, 0.4) is 0 Å². The quantitative estimate of drug-likeness (QED) is 0.636. The van der Waals surface area contributed by atoms with Crippen molar-refractivity contribution in [3.63, 3.8) is 0 Å². The van der Waals surface area contributed by atoms with E-state index in [-0.39, 0.29) is 11.8 Å². The van der Waals surface area contributed by atoms with Gasteiger partial charge in [-0.15, -0.1) is 22.9 Å². The summed E-state index contributed by atoms with van der Waals surface area (Å²) in [5.41, 5.74) is 2.93. The van der Waals surface area contributed by atoms with Crippen molar-refractivity contribution in [2.75, 3.05) is 11.2 Å². The van der Waals surface area contributed by atoms with Crippen molar-refractivity contribution in [3.05, 3.63) is 54.2 Å². The largest absolute Gasteiger partial charge is 0.326 e. The van der Waals surface area contributed by atoms with Crippen LogP contribution in [0.15, 0.2) is 54.2 Å². The molecule has 4 nitrogen and oxygen atoms in total. The fraction of sp³-hybridized carbons (Fsp3) is 0.211. The van der Waals surface area contributed by atoms with E-state index < -0.39 is 5.41 Å². The Morgan fingerprint density at radius 1 is 1.24 bits per heavy atom. The summed E-state index contributed by atoms with van der Waals surface area (Å²) in [4.78, 5) is 21.1. The third-order valence-electron chi connectivity index (χ3n) is 3.78. The first-order valence-electron chi connectivity index (χ1n) is 7.83. The Morgan fingerprint density at radius 2 is 2.04 bits per heavy atom. The molecule has 0 unspecified atom stereocenters. The van der Waals surface area contributed by atoms with Gasteiger partial charge in [0.25, 0.3) is 0 Å². The first-order valence-corrected chi connectivity index (χ1v) is 9.25. The van der Waals surface area contributed by atoms with E-state index in [1.54, 1.807) is 23.7 Å². The highest BCUT2D eigenvalue weighted by Gasteiger charge is 2.26. The Kier molecular flexibility index (Phi) is 5.16. The van der Waals surface area contributed by atoms with Crippen LogP contribution in [-0.2, 0) is 4.79 Å². The van der Waals surface area contributed by atoms with Crippen molar-refractivity contribution < 1.29 is 4.79 Å². The second-order valence-electron chi connectivity index (χ2n) is 6.33. The summed E-state index contributed by atoms with van der Waals surface area (Å²) in [6, 6.07) is 11.5. The van der Waals surface area contributed by atoms with E-state index in [2.05, 4.69) is 15.3 Å². The van der Waals surface area contributed by atoms with Gasteiger partial charge in [-0.1, -0.05) is 12.1 Å². The third kappa shape index (κ3) is 4.06. The number of halogens is 1. The molecule has 2 heterocycles. The number of hydrogen-bond donors (Lipinski definition) is 1. The van der Waals surface area contributed by atoms with Gasteiger partial charge in [0, 0.05) is 40.5 Å². The molecule has 1 amide bonds. The summed E-state index contributed by atoms with van der Waals surface area (Å²) in [7, 11) is 0. The van der Waals surface area contributed by atoms with E-state index in [9.17, 15) is 4.79 Å². The van der Waals surface area contributed by atoms with Crippen LogP contribution in [0.4, 0.5) is 5.69 Å². The molecular formula is C19H18ClN3OS. The summed E-state index contributed by atoms with van der Waals surface area (Å²) >= 11 is 7.44. The standard InChI is InChI=1S/C19H18ClN3OS/c1-19(2,12-20)18(24)22-15-7-3-5-13(9-15)16-11-25-17(23-16)14-6-4-8-21-10-14/h3-11H,12H2,1-2H3,(H,22,24). The first-order chi connectivity index (χ1) is 12.0. The van der Waals surface area contributed by atoms with Gasteiger partial charge in [0.2, 0.25) is 5.91 Å². The predicted molar refractivity (Wildman–Crippen MR) is 104 cm³/mol. The third-order valence-corrected chi connectivity index (χ3v) is 5.34. The van der Waals surface area contributed by atoms with E-state index in [0.717, 1.165) is 27.5 Å². The van der Waals surface area contributed by atoms with Gasteiger partial charge in [-0.3, -0.25) is 9.78 Å². The number of pyridine rings is 1. The van der Waals surface area contributed by atoms with Crippen molar-refractivity contribution in [1.29, 1.82) is 0 Å². The number of thiazole rings is 1. The zero-order valence-electron chi connectivity index (χ0n) is 14.0. The van der Waals surface area contributed by atoms with Crippen molar-refractivity contribution >= 4 is 34.5 Å². The molecule has 0 aliphatic rings. The maximum absolute atomic E-state index is 12.3. The highest BCUT2D eigenvalue weighted by Crippen LogP contribution is 2.30. The summed E-state index contributed by atoms with van der Waals surface area (Å²) in [5, 5.41) is 5.85. The first kappa shape index (κ1) is 17.6. The maximum atomic E-state index is 12.3. The molecule has 25 heavy (non-hydrogen) atoms. The van der Waals surface area contributed by atoms with Gasteiger partial charge in [-0.2, -0.15) is 0 Å². The Bertz CT molecular complexity index is 877. The Labute approximate surface area is 155 Å². The number of amides is 1. The monoisotopic (exact) mass is 371 g/mol. The number of alkyl halides is 1. The number of rotatable bonds is 5. The molecule has 0 radical (unpaired) electrons. The van der Waals surface area contributed by atoms with Gasteiger partial charge in [-0.05, 0) is 38.1 Å².